The molecule has 0 aliphatic rings. The molecule has 4 nitrogen and oxygen atoms in total. The van der Waals surface area contributed by atoms with Gasteiger partial charge in [0, 0.05) is 6.07 Å². The van der Waals surface area contributed by atoms with Gasteiger partial charge in [-0.3, -0.25) is 0 Å². The fraction of sp³-hybridized carbons (Fsp3) is 0.200. The van der Waals surface area contributed by atoms with E-state index < -0.39 is 0 Å². The van der Waals surface area contributed by atoms with Crippen LogP contribution >= 0.6 is 27.5 Å². The first kappa shape index (κ1) is 11.4. The summed E-state index contributed by atoms with van der Waals surface area (Å²) in [7, 11) is 0. The van der Waals surface area contributed by atoms with Crippen molar-refractivity contribution in [1.82, 2.24) is 9.97 Å². The molecule has 2 aromatic rings. The van der Waals surface area contributed by atoms with Crippen LogP contribution < -0.4 is 4.74 Å². The molecule has 84 valence electrons. The second kappa shape index (κ2) is 4.84. The molecule has 0 fully saturated rings. The zero-order chi connectivity index (χ0) is 11.5. The maximum atomic E-state index is 5.91. The average molecular weight is 304 g/mol. The monoisotopic (exact) mass is 302 g/mol. The van der Waals surface area contributed by atoms with Gasteiger partial charge in [0.25, 0.3) is 0 Å². The molecule has 16 heavy (non-hydrogen) atoms. The van der Waals surface area contributed by atoms with Crippen molar-refractivity contribution in [3.05, 3.63) is 39.7 Å². The number of hydrogen-bond acceptors (Lipinski definition) is 4. The summed E-state index contributed by atoms with van der Waals surface area (Å²) in [6.45, 7) is 2.07. The third kappa shape index (κ3) is 2.74. The highest BCUT2D eigenvalue weighted by Crippen LogP contribution is 2.26. The summed E-state index contributed by atoms with van der Waals surface area (Å²) in [5.41, 5.74) is 0. The summed E-state index contributed by atoms with van der Waals surface area (Å²) >= 11 is 9.15. The summed E-state index contributed by atoms with van der Waals surface area (Å²) in [5, 5.41) is 0.450. The first-order valence-corrected chi connectivity index (χ1v) is 5.67. The lowest BCUT2D eigenvalue weighted by molar-refractivity contribution is 0.260. The lowest BCUT2D eigenvalue weighted by Gasteiger charge is -2.05. The average Bonchev–Trinajstić information content (AvgIpc) is 2.66. The van der Waals surface area contributed by atoms with E-state index in [4.69, 9.17) is 20.8 Å². The molecule has 0 aromatic carbocycles. The summed E-state index contributed by atoms with van der Waals surface area (Å²) in [6.07, 6.45) is 3.16. The molecule has 0 radical (unpaired) electrons. The highest BCUT2D eigenvalue weighted by molar-refractivity contribution is 9.10. The minimum Gasteiger partial charge on any atom is -0.482 e. The van der Waals surface area contributed by atoms with Gasteiger partial charge < -0.3 is 9.15 Å². The summed E-state index contributed by atoms with van der Waals surface area (Å²) < 4.78 is 11.4. The summed E-state index contributed by atoms with van der Waals surface area (Å²) in [5.74, 6) is 1.81. The van der Waals surface area contributed by atoms with Crippen molar-refractivity contribution in [2.45, 2.75) is 13.5 Å². The third-order valence-corrected chi connectivity index (χ3v) is 2.52. The first-order chi connectivity index (χ1) is 7.65. The standard InChI is InChI=1S/C10H8BrClN2O2/c1-6-3-14-10(16-6)5-15-8-2-9(11)13-4-7(8)12/h2-4H,5H2,1H3. The van der Waals surface area contributed by atoms with Crippen LogP contribution in [0.15, 0.2) is 27.5 Å². The second-order valence-electron chi connectivity index (χ2n) is 3.09. The summed E-state index contributed by atoms with van der Waals surface area (Å²) in [6, 6.07) is 1.69. The molecule has 2 rings (SSSR count). The Balaban J connectivity index is 2.07. The van der Waals surface area contributed by atoms with E-state index in [1.807, 2.05) is 6.92 Å². The van der Waals surface area contributed by atoms with Crippen molar-refractivity contribution in [2.75, 3.05) is 0 Å². The van der Waals surface area contributed by atoms with Gasteiger partial charge >= 0.3 is 0 Å². The molecule has 0 spiro atoms. The highest BCUT2D eigenvalue weighted by atomic mass is 79.9. The number of aromatic nitrogens is 2. The predicted molar refractivity (Wildman–Crippen MR) is 62.5 cm³/mol. The zero-order valence-corrected chi connectivity index (χ0v) is 10.7. The van der Waals surface area contributed by atoms with Gasteiger partial charge in [-0.15, -0.1) is 0 Å². The molecular formula is C10H8BrClN2O2. The zero-order valence-electron chi connectivity index (χ0n) is 8.41. The topological polar surface area (TPSA) is 48.2 Å². The minimum absolute atomic E-state index is 0.240. The first-order valence-electron chi connectivity index (χ1n) is 4.50. The Morgan fingerprint density at radius 1 is 1.44 bits per heavy atom. The molecule has 0 saturated carbocycles. The molecule has 0 N–H and O–H groups in total. The van der Waals surface area contributed by atoms with Crippen molar-refractivity contribution < 1.29 is 9.15 Å². The Bertz CT molecular complexity index is 501. The quantitative estimate of drug-likeness (QED) is 0.816. The smallest absolute Gasteiger partial charge is 0.232 e. The fourth-order valence-electron chi connectivity index (χ4n) is 1.11. The molecule has 6 heteroatoms. The van der Waals surface area contributed by atoms with E-state index in [1.54, 1.807) is 12.3 Å². The number of rotatable bonds is 3. The largest absolute Gasteiger partial charge is 0.482 e. The van der Waals surface area contributed by atoms with E-state index in [0.717, 1.165) is 5.76 Å². The van der Waals surface area contributed by atoms with Crippen LogP contribution in [-0.4, -0.2) is 9.97 Å². The molecular weight excluding hydrogens is 295 g/mol. The second-order valence-corrected chi connectivity index (χ2v) is 4.31. The number of hydrogen-bond donors (Lipinski definition) is 0. The lowest BCUT2D eigenvalue weighted by atomic mass is 10.4. The predicted octanol–water partition coefficient (Wildman–Crippen LogP) is 3.37. The number of nitrogens with zero attached hydrogens (tertiary/aromatic N) is 2. The van der Waals surface area contributed by atoms with Crippen LogP contribution in [0.4, 0.5) is 0 Å². The van der Waals surface area contributed by atoms with Crippen LogP contribution in [0.5, 0.6) is 5.75 Å². The van der Waals surface area contributed by atoms with Crippen molar-refractivity contribution >= 4 is 27.5 Å². The van der Waals surface area contributed by atoms with E-state index in [1.165, 1.54) is 6.20 Å². The van der Waals surface area contributed by atoms with Crippen molar-refractivity contribution in [2.24, 2.45) is 0 Å². The van der Waals surface area contributed by atoms with Gasteiger partial charge in [-0.1, -0.05) is 11.6 Å². The van der Waals surface area contributed by atoms with Crippen LogP contribution in [0.2, 0.25) is 5.02 Å². The van der Waals surface area contributed by atoms with Crippen LogP contribution in [0.25, 0.3) is 0 Å². The minimum atomic E-state index is 0.240. The molecule has 0 aliphatic carbocycles. The van der Waals surface area contributed by atoms with E-state index in [0.29, 0.717) is 21.3 Å². The van der Waals surface area contributed by atoms with Gasteiger partial charge in [0.05, 0.1) is 12.4 Å². The number of pyridine rings is 1. The fourth-order valence-corrected chi connectivity index (χ4v) is 1.58. The molecule has 0 unspecified atom stereocenters. The molecule has 0 saturated heterocycles. The number of halogens is 2. The van der Waals surface area contributed by atoms with Gasteiger partial charge in [0.15, 0.2) is 6.61 Å². The van der Waals surface area contributed by atoms with Gasteiger partial charge in [-0.25, -0.2) is 9.97 Å². The van der Waals surface area contributed by atoms with Gasteiger partial charge in [0.2, 0.25) is 5.89 Å². The maximum absolute atomic E-state index is 5.91. The molecule has 2 aromatic heterocycles. The third-order valence-electron chi connectivity index (χ3n) is 1.81. The van der Waals surface area contributed by atoms with E-state index in [-0.39, 0.29) is 6.61 Å². The molecule has 2 heterocycles. The molecule has 0 amide bonds. The van der Waals surface area contributed by atoms with Crippen LogP contribution in [0.3, 0.4) is 0 Å². The van der Waals surface area contributed by atoms with E-state index >= 15 is 0 Å². The van der Waals surface area contributed by atoms with Gasteiger partial charge in [-0.2, -0.15) is 0 Å². The number of aryl methyl sites for hydroxylation is 1. The normalized spacial score (nSPS) is 10.4. The van der Waals surface area contributed by atoms with Crippen molar-refractivity contribution in [1.29, 1.82) is 0 Å². The Morgan fingerprint density at radius 3 is 2.94 bits per heavy atom. The van der Waals surface area contributed by atoms with Crippen molar-refractivity contribution in [3.8, 4) is 5.75 Å². The molecule has 0 aliphatic heterocycles. The highest BCUT2D eigenvalue weighted by Gasteiger charge is 2.06. The SMILES string of the molecule is Cc1cnc(COc2cc(Br)ncc2Cl)o1. The van der Waals surface area contributed by atoms with E-state index in [9.17, 15) is 0 Å². The van der Waals surface area contributed by atoms with Crippen LogP contribution in [0, 0.1) is 6.92 Å². The Labute approximate surface area is 106 Å². The van der Waals surface area contributed by atoms with Crippen LogP contribution in [0.1, 0.15) is 11.7 Å². The van der Waals surface area contributed by atoms with Gasteiger partial charge in [0.1, 0.15) is 21.1 Å². The Kier molecular flexibility index (Phi) is 3.46. The van der Waals surface area contributed by atoms with Gasteiger partial charge in [-0.05, 0) is 22.9 Å². The maximum Gasteiger partial charge on any atom is 0.232 e. The Morgan fingerprint density at radius 2 is 2.25 bits per heavy atom. The Hall–Kier alpha value is -1.07. The lowest BCUT2D eigenvalue weighted by Crippen LogP contribution is -1.96. The molecule has 0 bridgehead atoms. The molecule has 0 atom stereocenters. The van der Waals surface area contributed by atoms with E-state index in [2.05, 4.69) is 25.9 Å². The summed E-state index contributed by atoms with van der Waals surface area (Å²) in [4.78, 5) is 7.98. The number of oxazole rings is 1. The van der Waals surface area contributed by atoms with Crippen LogP contribution in [-0.2, 0) is 6.61 Å². The van der Waals surface area contributed by atoms with Crippen molar-refractivity contribution in [3.63, 3.8) is 0 Å². The number of ether oxygens (including phenoxy) is 1.